The molecule has 2 heteroatoms. The van der Waals surface area contributed by atoms with Crippen LogP contribution >= 0.6 is 0 Å². The molecule has 0 aliphatic heterocycles. The molecule has 23 heavy (non-hydrogen) atoms. The Morgan fingerprint density at radius 1 is 0.913 bits per heavy atom. The first kappa shape index (κ1) is 17.7. The van der Waals surface area contributed by atoms with Crippen LogP contribution in [-0.2, 0) is 4.74 Å². The summed E-state index contributed by atoms with van der Waals surface area (Å²) in [5.74, 6) is 0.380. The van der Waals surface area contributed by atoms with Crippen LogP contribution in [0.4, 0.5) is 0 Å². The van der Waals surface area contributed by atoms with Gasteiger partial charge in [-0.15, -0.1) is 0 Å². The Bertz CT molecular complexity index is 631. The summed E-state index contributed by atoms with van der Waals surface area (Å²) in [4.78, 5) is 0. The number of hydrogen-bond acceptors (Lipinski definition) is 1. The summed E-state index contributed by atoms with van der Waals surface area (Å²) in [7, 11) is 0.0231. The highest BCUT2D eigenvalue weighted by molar-refractivity contribution is 7.04. The number of rotatable bonds is 6. The standard InChI is InChI=1S/C21H28OSi/c1-17(18(2)22-3)16-21(19-12-8-6-9-13-19)23(4,5)20-14-10-7-11-15-20/h6-18H,1-5H3/b21-16+/t17-,18-/m0/s1. The number of benzene rings is 2. The Labute approximate surface area is 142 Å². The van der Waals surface area contributed by atoms with E-state index in [1.807, 2.05) is 0 Å². The third kappa shape index (κ3) is 4.21. The second-order valence-electron chi connectivity index (χ2n) is 6.74. The molecule has 0 amide bonds. The van der Waals surface area contributed by atoms with Crippen LogP contribution in [0.2, 0.25) is 13.1 Å². The minimum atomic E-state index is -1.77. The Morgan fingerprint density at radius 2 is 1.43 bits per heavy atom. The fourth-order valence-electron chi connectivity index (χ4n) is 2.91. The first-order valence-corrected chi connectivity index (χ1v) is 11.3. The largest absolute Gasteiger partial charge is 0.381 e. The summed E-state index contributed by atoms with van der Waals surface area (Å²) >= 11 is 0. The van der Waals surface area contributed by atoms with Crippen molar-refractivity contribution in [3.63, 3.8) is 0 Å². The van der Waals surface area contributed by atoms with E-state index in [2.05, 4.69) is 93.7 Å². The zero-order chi connectivity index (χ0) is 16.9. The van der Waals surface area contributed by atoms with Crippen molar-refractivity contribution in [3.05, 3.63) is 72.3 Å². The van der Waals surface area contributed by atoms with E-state index in [1.165, 1.54) is 15.9 Å². The van der Waals surface area contributed by atoms with E-state index in [0.29, 0.717) is 5.92 Å². The predicted octanol–water partition coefficient (Wildman–Crippen LogP) is 4.90. The summed E-state index contributed by atoms with van der Waals surface area (Å²) in [5, 5.41) is 2.95. The van der Waals surface area contributed by atoms with Crippen molar-refractivity contribution in [1.82, 2.24) is 0 Å². The monoisotopic (exact) mass is 324 g/mol. The molecule has 0 aromatic heterocycles. The van der Waals surface area contributed by atoms with Crippen molar-refractivity contribution in [1.29, 1.82) is 0 Å². The highest BCUT2D eigenvalue weighted by Gasteiger charge is 2.30. The molecule has 0 heterocycles. The molecule has 0 bridgehead atoms. The van der Waals surface area contributed by atoms with Crippen molar-refractivity contribution in [3.8, 4) is 0 Å². The van der Waals surface area contributed by atoms with Crippen molar-refractivity contribution >= 4 is 18.5 Å². The maximum absolute atomic E-state index is 5.54. The van der Waals surface area contributed by atoms with E-state index in [-0.39, 0.29) is 6.10 Å². The Kier molecular flexibility index (Phi) is 5.97. The van der Waals surface area contributed by atoms with E-state index < -0.39 is 8.07 Å². The summed E-state index contributed by atoms with van der Waals surface area (Å²) in [6.07, 6.45) is 2.65. The smallest absolute Gasteiger partial charge is 0.112 e. The van der Waals surface area contributed by atoms with E-state index in [1.54, 1.807) is 7.11 Å². The molecule has 2 rings (SSSR count). The molecule has 2 aromatic carbocycles. The minimum absolute atomic E-state index is 0.217. The molecule has 0 N–H and O–H groups in total. The van der Waals surface area contributed by atoms with Crippen molar-refractivity contribution in [2.45, 2.75) is 33.0 Å². The summed E-state index contributed by atoms with van der Waals surface area (Å²) in [6, 6.07) is 21.7. The number of hydrogen-bond donors (Lipinski definition) is 0. The van der Waals surface area contributed by atoms with E-state index in [9.17, 15) is 0 Å². The Morgan fingerprint density at radius 3 is 1.96 bits per heavy atom. The topological polar surface area (TPSA) is 9.23 Å². The minimum Gasteiger partial charge on any atom is -0.381 e. The zero-order valence-corrected chi connectivity index (χ0v) is 15.9. The van der Waals surface area contributed by atoms with Gasteiger partial charge in [-0.2, -0.15) is 0 Å². The zero-order valence-electron chi connectivity index (χ0n) is 14.9. The Hall–Kier alpha value is -1.64. The summed E-state index contributed by atoms with van der Waals surface area (Å²) in [5.41, 5.74) is 1.34. The first-order valence-electron chi connectivity index (χ1n) is 8.33. The van der Waals surface area contributed by atoms with E-state index in [4.69, 9.17) is 4.74 Å². The van der Waals surface area contributed by atoms with Gasteiger partial charge >= 0.3 is 0 Å². The quantitative estimate of drug-likeness (QED) is 0.687. The summed E-state index contributed by atoms with van der Waals surface area (Å²) < 4.78 is 5.54. The van der Waals surface area contributed by atoms with Crippen LogP contribution in [0.25, 0.3) is 5.20 Å². The van der Waals surface area contributed by atoms with E-state index >= 15 is 0 Å². The van der Waals surface area contributed by atoms with Gasteiger partial charge in [0.2, 0.25) is 0 Å². The maximum Gasteiger partial charge on any atom is 0.112 e. The third-order valence-corrected chi connectivity index (χ3v) is 8.37. The van der Waals surface area contributed by atoms with Gasteiger partial charge in [0.1, 0.15) is 8.07 Å². The SMILES string of the molecule is CO[C@@H](C)[C@@H](C)/C=C(\c1ccccc1)[Si](C)(C)c1ccccc1. The van der Waals surface area contributed by atoms with Gasteiger partial charge in [-0.1, -0.05) is 97.1 Å². The molecule has 0 unspecified atom stereocenters. The fraction of sp³-hybridized carbons (Fsp3) is 0.333. The second-order valence-corrected chi connectivity index (χ2v) is 11.1. The van der Waals surface area contributed by atoms with E-state index in [0.717, 1.165) is 0 Å². The van der Waals surface area contributed by atoms with Crippen molar-refractivity contribution < 1.29 is 4.74 Å². The number of ether oxygens (including phenoxy) is 1. The molecule has 0 radical (unpaired) electrons. The highest BCUT2D eigenvalue weighted by atomic mass is 28.3. The lowest BCUT2D eigenvalue weighted by Crippen LogP contribution is -2.43. The van der Waals surface area contributed by atoms with Gasteiger partial charge in [-0.25, -0.2) is 0 Å². The molecule has 0 saturated carbocycles. The highest BCUT2D eigenvalue weighted by Crippen LogP contribution is 2.28. The molecule has 2 atom stereocenters. The molecule has 0 saturated heterocycles. The van der Waals surface area contributed by atoms with Crippen LogP contribution in [0.3, 0.4) is 0 Å². The van der Waals surface area contributed by atoms with Gasteiger partial charge in [0.25, 0.3) is 0 Å². The van der Waals surface area contributed by atoms with Gasteiger partial charge in [-0.3, -0.25) is 0 Å². The molecule has 0 spiro atoms. The van der Waals surface area contributed by atoms with Gasteiger partial charge < -0.3 is 4.74 Å². The lowest BCUT2D eigenvalue weighted by molar-refractivity contribution is 0.0901. The molecular weight excluding hydrogens is 296 g/mol. The third-order valence-electron chi connectivity index (χ3n) is 4.80. The van der Waals surface area contributed by atoms with Crippen LogP contribution in [0.15, 0.2) is 66.7 Å². The molecule has 122 valence electrons. The van der Waals surface area contributed by atoms with Crippen LogP contribution in [0, 0.1) is 5.92 Å². The molecular formula is C21H28OSi. The molecule has 2 aromatic rings. The van der Waals surface area contributed by atoms with Crippen LogP contribution in [0.5, 0.6) is 0 Å². The van der Waals surface area contributed by atoms with Crippen LogP contribution in [-0.4, -0.2) is 21.3 Å². The van der Waals surface area contributed by atoms with Gasteiger partial charge in [0.15, 0.2) is 0 Å². The van der Waals surface area contributed by atoms with Gasteiger partial charge in [0.05, 0.1) is 6.10 Å². The number of methoxy groups -OCH3 is 1. The van der Waals surface area contributed by atoms with Crippen LogP contribution < -0.4 is 5.19 Å². The van der Waals surface area contributed by atoms with Crippen LogP contribution in [0.1, 0.15) is 19.4 Å². The lowest BCUT2D eigenvalue weighted by Gasteiger charge is -2.29. The normalized spacial score (nSPS) is 15.3. The Balaban J connectivity index is 2.52. The molecule has 1 nitrogen and oxygen atoms in total. The van der Waals surface area contributed by atoms with Gasteiger partial charge in [-0.05, 0) is 12.5 Å². The molecule has 0 aliphatic carbocycles. The fourth-order valence-corrected chi connectivity index (χ4v) is 5.81. The van der Waals surface area contributed by atoms with Gasteiger partial charge in [0, 0.05) is 13.0 Å². The van der Waals surface area contributed by atoms with Crippen molar-refractivity contribution in [2.75, 3.05) is 7.11 Å². The predicted molar refractivity (Wildman–Crippen MR) is 104 cm³/mol. The second kappa shape index (κ2) is 7.76. The first-order chi connectivity index (χ1) is 11.0. The van der Waals surface area contributed by atoms with Crippen molar-refractivity contribution in [2.24, 2.45) is 5.92 Å². The molecule has 0 aliphatic rings. The molecule has 0 fully saturated rings. The maximum atomic E-state index is 5.54. The summed E-state index contributed by atoms with van der Waals surface area (Å²) in [6.45, 7) is 9.25. The lowest BCUT2D eigenvalue weighted by atomic mass is 10.0. The average molecular weight is 325 g/mol. The average Bonchev–Trinajstić information content (AvgIpc) is 2.60.